The van der Waals surface area contributed by atoms with Crippen molar-refractivity contribution >= 4 is 0 Å². The molecule has 0 saturated carbocycles. The van der Waals surface area contributed by atoms with Gasteiger partial charge in [0.05, 0.1) is 27.2 Å². The van der Waals surface area contributed by atoms with Crippen molar-refractivity contribution in [3.8, 4) is 0 Å². The zero-order chi connectivity index (χ0) is 12.4. The molecule has 0 amide bonds. The first kappa shape index (κ1) is 19.5. The van der Waals surface area contributed by atoms with Crippen LogP contribution < -0.4 is 12.4 Å². The summed E-state index contributed by atoms with van der Waals surface area (Å²) in [5.74, 6) is 0. The van der Waals surface area contributed by atoms with E-state index in [1.54, 1.807) is 0 Å². The van der Waals surface area contributed by atoms with Gasteiger partial charge in [-0.25, -0.2) is 0 Å². The Balaban J connectivity index is 0. The van der Waals surface area contributed by atoms with Gasteiger partial charge in [-0.15, -0.1) is 0 Å². The van der Waals surface area contributed by atoms with Crippen molar-refractivity contribution in [2.45, 2.75) is 45.4 Å². The van der Waals surface area contributed by atoms with Gasteiger partial charge in [-0.2, -0.15) is 0 Å². The summed E-state index contributed by atoms with van der Waals surface area (Å²) in [5.41, 5.74) is 0. The average Bonchev–Trinajstić information content (AvgIpc) is 2.20. The second-order valence-electron chi connectivity index (χ2n) is 5.95. The van der Waals surface area contributed by atoms with Crippen molar-refractivity contribution in [1.82, 2.24) is 4.90 Å². The van der Waals surface area contributed by atoms with E-state index < -0.39 is 0 Å². The Labute approximate surface area is 115 Å². The molecule has 0 N–H and O–H groups in total. The van der Waals surface area contributed by atoms with Gasteiger partial charge < -0.3 is 21.8 Å². The summed E-state index contributed by atoms with van der Waals surface area (Å²) >= 11 is 0. The summed E-state index contributed by atoms with van der Waals surface area (Å²) in [5, 5.41) is 0. The summed E-state index contributed by atoms with van der Waals surface area (Å²) in [6.07, 6.45) is 8.24. The largest absolute Gasteiger partial charge is 1.00 e. The Hall–Kier alpha value is 0.210. The number of nitrogens with zero attached hydrogens (tertiary/aromatic N) is 2. The lowest BCUT2D eigenvalue weighted by molar-refractivity contribution is -0.890. The van der Waals surface area contributed by atoms with E-state index in [4.69, 9.17) is 0 Å². The molecule has 0 spiro atoms. The topological polar surface area (TPSA) is 3.24 Å². The van der Waals surface area contributed by atoms with E-state index in [9.17, 15) is 0 Å². The van der Waals surface area contributed by atoms with Crippen molar-refractivity contribution in [3.63, 3.8) is 0 Å². The van der Waals surface area contributed by atoms with Crippen LogP contribution in [0.25, 0.3) is 0 Å². The molecular weight excluding hydrogens is 232 g/mol. The first-order valence-corrected chi connectivity index (χ1v) is 6.94. The first-order valence-electron chi connectivity index (χ1n) is 6.94. The van der Waals surface area contributed by atoms with Crippen LogP contribution in [0, 0.1) is 0 Å². The quantitative estimate of drug-likeness (QED) is 0.396. The number of hydrogen-bond donors (Lipinski definition) is 0. The fourth-order valence-corrected chi connectivity index (χ4v) is 2.02. The lowest BCUT2D eigenvalue weighted by Crippen LogP contribution is -3.00. The van der Waals surface area contributed by atoms with Crippen molar-refractivity contribution in [1.29, 1.82) is 0 Å². The molecule has 0 aliphatic heterocycles. The summed E-state index contributed by atoms with van der Waals surface area (Å²) < 4.78 is 1.21. The van der Waals surface area contributed by atoms with Gasteiger partial charge in [-0.3, -0.25) is 0 Å². The van der Waals surface area contributed by atoms with Gasteiger partial charge in [0.2, 0.25) is 0 Å². The Morgan fingerprint density at radius 3 is 1.88 bits per heavy atom. The predicted molar refractivity (Wildman–Crippen MR) is 73.8 cm³/mol. The van der Waals surface area contributed by atoms with Crippen LogP contribution in [-0.4, -0.2) is 57.2 Å². The van der Waals surface area contributed by atoms with Crippen LogP contribution in [0.1, 0.15) is 45.4 Å². The van der Waals surface area contributed by atoms with E-state index in [-0.39, 0.29) is 12.4 Å². The van der Waals surface area contributed by atoms with Gasteiger partial charge >= 0.3 is 0 Å². The maximum atomic E-state index is 2.37. The smallest absolute Gasteiger partial charge is 0.0782 e. The van der Waals surface area contributed by atoms with Crippen LogP contribution in [0.5, 0.6) is 0 Å². The van der Waals surface area contributed by atoms with Gasteiger partial charge in [0.25, 0.3) is 0 Å². The molecule has 0 unspecified atom stereocenters. The molecule has 2 nitrogen and oxygen atoms in total. The summed E-state index contributed by atoms with van der Waals surface area (Å²) in [6.45, 7) is 6.21. The molecule has 0 saturated heterocycles. The zero-order valence-corrected chi connectivity index (χ0v) is 13.4. The molecule has 17 heavy (non-hydrogen) atoms. The van der Waals surface area contributed by atoms with Crippen LogP contribution in [0.4, 0.5) is 0 Å². The Bertz CT molecular complexity index is 158. The molecule has 0 aliphatic carbocycles. The van der Waals surface area contributed by atoms with Crippen LogP contribution in [-0.2, 0) is 0 Å². The Kier molecular flexibility index (Phi) is 13.0. The molecule has 0 radical (unpaired) electrons. The van der Waals surface area contributed by atoms with E-state index in [1.807, 2.05) is 0 Å². The summed E-state index contributed by atoms with van der Waals surface area (Å²) in [7, 11) is 9.06. The van der Waals surface area contributed by atoms with Crippen molar-refractivity contribution < 1.29 is 16.9 Å². The van der Waals surface area contributed by atoms with E-state index in [0.29, 0.717) is 0 Å². The monoisotopic (exact) mass is 264 g/mol. The lowest BCUT2D eigenvalue weighted by atomic mass is 10.1. The molecule has 0 atom stereocenters. The van der Waals surface area contributed by atoms with Crippen molar-refractivity contribution in [2.24, 2.45) is 0 Å². The van der Waals surface area contributed by atoms with Gasteiger partial charge in [0, 0.05) is 0 Å². The number of quaternary nitrogens is 1. The third kappa shape index (κ3) is 14.1. The fraction of sp³-hybridized carbons (Fsp3) is 1.00. The highest BCUT2D eigenvalue weighted by molar-refractivity contribution is 4.47. The highest BCUT2D eigenvalue weighted by atomic mass is 35.5. The number of hydrogen-bond acceptors (Lipinski definition) is 1. The van der Waals surface area contributed by atoms with Crippen LogP contribution in [0.2, 0.25) is 0 Å². The van der Waals surface area contributed by atoms with E-state index >= 15 is 0 Å². The minimum absolute atomic E-state index is 0. The normalized spacial score (nSPS) is 11.6. The van der Waals surface area contributed by atoms with Gasteiger partial charge in [0.15, 0.2) is 0 Å². The second kappa shape index (κ2) is 11.3. The minimum atomic E-state index is 0. The predicted octanol–water partition coefficient (Wildman–Crippen LogP) is -0.0111. The van der Waals surface area contributed by atoms with E-state index in [1.165, 1.54) is 62.6 Å². The third-order valence-corrected chi connectivity index (χ3v) is 3.24. The second-order valence-corrected chi connectivity index (χ2v) is 5.95. The van der Waals surface area contributed by atoms with Crippen LogP contribution in [0.15, 0.2) is 0 Å². The molecule has 0 bridgehead atoms. The molecule has 0 heterocycles. The fourth-order valence-electron chi connectivity index (χ4n) is 2.02. The molecule has 0 aromatic heterocycles. The number of rotatable bonds is 10. The molecule has 0 aliphatic rings. The molecule has 0 aromatic rings. The van der Waals surface area contributed by atoms with Gasteiger partial charge in [-0.1, -0.05) is 19.8 Å². The molecule has 106 valence electrons. The standard InChI is InChI=1S/C14H33N2.ClH/c1-6-7-13-16(4,5)14-11-9-8-10-12-15(2)3;/h6-14H2,1-5H3;1H/q+1;/p-1. The third-order valence-electron chi connectivity index (χ3n) is 3.24. The lowest BCUT2D eigenvalue weighted by Gasteiger charge is -2.29. The van der Waals surface area contributed by atoms with Crippen LogP contribution in [0.3, 0.4) is 0 Å². The number of unbranched alkanes of at least 4 members (excludes halogenated alkanes) is 4. The molecular formula is C14H33ClN2. The Morgan fingerprint density at radius 1 is 0.824 bits per heavy atom. The summed E-state index contributed by atoms with van der Waals surface area (Å²) in [4.78, 5) is 2.28. The zero-order valence-electron chi connectivity index (χ0n) is 12.6. The van der Waals surface area contributed by atoms with Gasteiger partial charge in [-0.05, 0) is 46.3 Å². The van der Waals surface area contributed by atoms with E-state index in [0.717, 1.165) is 0 Å². The maximum Gasteiger partial charge on any atom is 0.0782 e. The maximum absolute atomic E-state index is 2.37. The van der Waals surface area contributed by atoms with Gasteiger partial charge in [0.1, 0.15) is 0 Å². The molecule has 0 fully saturated rings. The minimum Gasteiger partial charge on any atom is -1.00 e. The first-order chi connectivity index (χ1) is 7.48. The highest BCUT2D eigenvalue weighted by Crippen LogP contribution is 2.07. The van der Waals surface area contributed by atoms with Crippen LogP contribution >= 0.6 is 0 Å². The molecule has 3 heteroatoms. The van der Waals surface area contributed by atoms with Crippen molar-refractivity contribution in [3.05, 3.63) is 0 Å². The SMILES string of the molecule is CCCC[N+](C)(C)CCCCCCN(C)C.[Cl-]. The average molecular weight is 265 g/mol. The highest BCUT2D eigenvalue weighted by Gasteiger charge is 2.12. The summed E-state index contributed by atoms with van der Waals surface area (Å²) in [6, 6.07) is 0. The number of halogens is 1. The molecule has 0 rings (SSSR count). The Morgan fingerprint density at radius 2 is 1.35 bits per heavy atom. The van der Waals surface area contributed by atoms with Crippen molar-refractivity contribution in [2.75, 3.05) is 47.8 Å². The van der Waals surface area contributed by atoms with E-state index in [2.05, 4.69) is 40.0 Å². The molecule has 0 aromatic carbocycles.